The molecule has 0 aliphatic carbocycles. The van der Waals surface area contributed by atoms with Gasteiger partial charge in [0.15, 0.2) is 6.61 Å². The minimum absolute atomic E-state index is 0.346. The number of halogens is 1. The summed E-state index contributed by atoms with van der Waals surface area (Å²) in [6.45, 7) is -0.396. The Kier molecular flexibility index (Phi) is 2.92. The number of para-hydroxylation sites is 1. The van der Waals surface area contributed by atoms with Crippen LogP contribution in [0.2, 0.25) is 5.15 Å². The van der Waals surface area contributed by atoms with E-state index in [0.29, 0.717) is 16.4 Å². The van der Waals surface area contributed by atoms with E-state index in [1.54, 1.807) is 24.3 Å². The van der Waals surface area contributed by atoms with Gasteiger partial charge in [-0.25, -0.2) is 9.78 Å². The summed E-state index contributed by atoms with van der Waals surface area (Å²) in [7, 11) is 0. The van der Waals surface area contributed by atoms with E-state index in [1.165, 1.54) is 0 Å². The number of pyridine rings is 1. The summed E-state index contributed by atoms with van der Waals surface area (Å²) in [5.74, 6) is -0.610. The summed E-state index contributed by atoms with van der Waals surface area (Å²) in [5.41, 5.74) is 0.566. The van der Waals surface area contributed by atoms with Crippen LogP contribution in [-0.4, -0.2) is 22.7 Å². The summed E-state index contributed by atoms with van der Waals surface area (Å²) in [6.07, 6.45) is 0. The Labute approximate surface area is 96.4 Å². The molecule has 0 aliphatic heterocycles. The van der Waals surface area contributed by atoms with Gasteiger partial charge in [0, 0.05) is 5.39 Å². The van der Waals surface area contributed by atoms with Gasteiger partial charge in [-0.05, 0) is 18.2 Å². The minimum Gasteiger partial charge on any atom is -0.480 e. The summed E-state index contributed by atoms with van der Waals surface area (Å²) >= 11 is 5.77. The third-order valence-corrected chi connectivity index (χ3v) is 2.21. The quantitative estimate of drug-likeness (QED) is 0.833. The molecular formula is C11H8ClNO3. The number of hydrogen-bond donors (Lipinski definition) is 1. The monoisotopic (exact) mass is 237 g/mol. The molecule has 1 aromatic carbocycles. The lowest BCUT2D eigenvalue weighted by atomic mass is 10.2. The maximum atomic E-state index is 10.4. The van der Waals surface area contributed by atoms with Gasteiger partial charge in [-0.15, -0.1) is 0 Å². The van der Waals surface area contributed by atoms with Crippen LogP contribution in [0.5, 0.6) is 5.75 Å². The molecule has 16 heavy (non-hydrogen) atoms. The van der Waals surface area contributed by atoms with Gasteiger partial charge in [0.05, 0.1) is 0 Å². The molecule has 0 spiro atoms. The molecule has 0 bridgehead atoms. The zero-order valence-corrected chi connectivity index (χ0v) is 8.94. The minimum atomic E-state index is -1.03. The largest absolute Gasteiger partial charge is 0.480 e. The molecule has 82 valence electrons. The first kappa shape index (κ1) is 10.7. The van der Waals surface area contributed by atoms with Crippen LogP contribution in [0.3, 0.4) is 0 Å². The highest BCUT2D eigenvalue weighted by Gasteiger charge is 2.06. The number of fused-ring (bicyclic) bond motifs is 1. The fraction of sp³-hybridized carbons (Fsp3) is 0.0909. The molecule has 0 aliphatic rings. The predicted molar refractivity (Wildman–Crippen MR) is 59.9 cm³/mol. The van der Waals surface area contributed by atoms with Gasteiger partial charge in [0.25, 0.3) is 0 Å². The number of benzene rings is 1. The van der Waals surface area contributed by atoms with E-state index in [2.05, 4.69) is 4.98 Å². The Morgan fingerprint density at radius 1 is 1.38 bits per heavy atom. The van der Waals surface area contributed by atoms with Crippen molar-refractivity contribution in [2.75, 3.05) is 6.61 Å². The van der Waals surface area contributed by atoms with Crippen LogP contribution in [0.25, 0.3) is 10.9 Å². The van der Waals surface area contributed by atoms with E-state index < -0.39 is 12.6 Å². The van der Waals surface area contributed by atoms with Crippen molar-refractivity contribution in [1.82, 2.24) is 4.98 Å². The van der Waals surface area contributed by atoms with Crippen molar-refractivity contribution in [3.8, 4) is 5.75 Å². The van der Waals surface area contributed by atoms with Gasteiger partial charge in [0.2, 0.25) is 0 Å². The SMILES string of the molecule is O=C(O)COc1cccc2ccc(Cl)nc12. The number of hydrogen-bond acceptors (Lipinski definition) is 3. The molecule has 0 saturated carbocycles. The topological polar surface area (TPSA) is 59.4 Å². The molecule has 1 heterocycles. The number of carboxylic acid groups (broad SMARTS) is 1. The lowest BCUT2D eigenvalue weighted by Gasteiger charge is -2.06. The van der Waals surface area contributed by atoms with Crippen molar-refractivity contribution in [3.63, 3.8) is 0 Å². The average molecular weight is 238 g/mol. The Bertz CT molecular complexity index is 542. The van der Waals surface area contributed by atoms with Crippen LogP contribution in [0, 0.1) is 0 Å². The molecule has 2 aromatic rings. The summed E-state index contributed by atoms with van der Waals surface area (Å²) in [4.78, 5) is 14.5. The van der Waals surface area contributed by atoms with Crippen LogP contribution in [-0.2, 0) is 4.79 Å². The van der Waals surface area contributed by atoms with Crippen LogP contribution in [0.4, 0.5) is 0 Å². The van der Waals surface area contributed by atoms with Crippen LogP contribution in [0.1, 0.15) is 0 Å². The normalized spacial score (nSPS) is 10.3. The van der Waals surface area contributed by atoms with Gasteiger partial charge in [0.1, 0.15) is 16.4 Å². The second-order valence-corrected chi connectivity index (χ2v) is 3.53. The molecule has 0 radical (unpaired) electrons. The second-order valence-electron chi connectivity index (χ2n) is 3.14. The van der Waals surface area contributed by atoms with Gasteiger partial charge < -0.3 is 9.84 Å². The molecule has 4 nitrogen and oxygen atoms in total. The average Bonchev–Trinajstić information content (AvgIpc) is 2.26. The number of carbonyl (C=O) groups is 1. The lowest BCUT2D eigenvalue weighted by Crippen LogP contribution is -2.09. The first-order valence-corrected chi connectivity index (χ1v) is 4.94. The van der Waals surface area contributed by atoms with E-state index in [0.717, 1.165) is 5.39 Å². The molecule has 0 saturated heterocycles. The molecule has 2 rings (SSSR count). The van der Waals surface area contributed by atoms with E-state index in [-0.39, 0.29) is 0 Å². The van der Waals surface area contributed by atoms with Crippen molar-refractivity contribution in [2.24, 2.45) is 0 Å². The molecule has 1 aromatic heterocycles. The van der Waals surface area contributed by atoms with Crippen molar-refractivity contribution >= 4 is 28.5 Å². The van der Waals surface area contributed by atoms with Crippen molar-refractivity contribution in [3.05, 3.63) is 35.5 Å². The number of aromatic nitrogens is 1. The van der Waals surface area contributed by atoms with Gasteiger partial charge >= 0.3 is 5.97 Å². The smallest absolute Gasteiger partial charge is 0.341 e. The maximum Gasteiger partial charge on any atom is 0.341 e. The summed E-state index contributed by atoms with van der Waals surface area (Å²) in [6, 6.07) is 8.76. The second kappa shape index (κ2) is 4.37. The Hall–Kier alpha value is -1.81. The van der Waals surface area contributed by atoms with Crippen LogP contribution in [0.15, 0.2) is 30.3 Å². The van der Waals surface area contributed by atoms with Crippen molar-refractivity contribution in [2.45, 2.75) is 0 Å². The Balaban J connectivity index is 2.43. The number of ether oxygens (including phenoxy) is 1. The zero-order valence-electron chi connectivity index (χ0n) is 8.18. The molecular weight excluding hydrogens is 230 g/mol. The van der Waals surface area contributed by atoms with Gasteiger partial charge in [-0.1, -0.05) is 23.7 Å². The summed E-state index contributed by atoms with van der Waals surface area (Å²) < 4.78 is 5.12. The highest BCUT2D eigenvalue weighted by atomic mass is 35.5. The molecule has 0 atom stereocenters. The van der Waals surface area contributed by atoms with Gasteiger partial charge in [-0.2, -0.15) is 0 Å². The first-order chi connectivity index (χ1) is 7.66. The van der Waals surface area contributed by atoms with Crippen molar-refractivity contribution < 1.29 is 14.6 Å². The lowest BCUT2D eigenvalue weighted by molar-refractivity contribution is -0.139. The van der Waals surface area contributed by atoms with Crippen LogP contribution >= 0.6 is 11.6 Å². The molecule has 5 heteroatoms. The highest BCUT2D eigenvalue weighted by molar-refractivity contribution is 6.29. The zero-order chi connectivity index (χ0) is 11.5. The fourth-order valence-electron chi connectivity index (χ4n) is 1.35. The maximum absolute atomic E-state index is 10.4. The number of nitrogens with zero attached hydrogens (tertiary/aromatic N) is 1. The van der Waals surface area contributed by atoms with Gasteiger partial charge in [-0.3, -0.25) is 0 Å². The molecule has 0 amide bonds. The Morgan fingerprint density at radius 2 is 2.19 bits per heavy atom. The predicted octanol–water partition coefficient (Wildman–Crippen LogP) is 2.35. The molecule has 0 unspecified atom stereocenters. The van der Waals surface area contributed by atoms with E-state index in [4.69, 9.17) is 21.4 Å². The van der Waals surface area contributed by atoms with Crippen molar-refractivity contribution in [1.29, 1.82) is 0 Å². The Morgan fingerprint density at radius 3 is 2.94 bits per heavy atom. The number of carboxylic acids is 1. The third kappa shape index (κ3) is 2.23. The van der Waals surface area contributed by atoms with E-state index in [1.807, 2.05) is 6.07 Å². The molecule has 0 fully saturated rings. The third-order valence-electron chi connectivity index (χ3n) is 2.00. The number of aliphatic carboxylic acids is 1. The van der Waals surface area contributed by atoms with E-state index >= 15 is 0 Å². The highest BCUT2D eigenvalue weighted by Crippen LogP contribution is 2.25. The molecule has 1 N–H and O–H groups in total. The van der Waals surface area contributed by atoms with Crippen LogP contribution < -0.4 is 4.74 Å². The summed E-state index contributed by atoms with van der Waals surface area (Å²) in [5, 5.41) is 9.73. The number of rotatable bonds is 3. The standard InChI is InChI=1S/C11H8ClNO3/c12-9-5-4-7-2-1-3-8(11(7)13-9)16-6-10(14)15/h1-5H,6H2,(H,14,15). The van der Waals surface area contributed by atoms with E-state index in [9.17, 15) is 4.79 Å². The first-order valence-electron chi connectivity index (χ1n) is 4.56. The fourth-order valence-corrected chi connectivity index (χ4v) is 1.50.